The second kappa shape index (κ2) is 14.0. The summed E-state index contributed by atoms with van der Waals surface area (Å²) >= 11 is 0. The van der Waals surface area contributed by atoms with Crippen molar-refractivity contribution in [3.8, 4) is 28.5 Å². The van der Waals surface area contributed by atoms with Crippen LogP contribution in [0.3, 0.4) is 0 Å². The van der Waals surface area contributed by atoms with Crippen LogP contribution in [-0.4, -0.2) is 17.9 Å². The summed E-state index contributed by atoms with van der Waals surface area (Å²) in [6, 6.07) is 10.2. The van der Waals surface area contributed by atoms with Crippen LogP contribution >= 0.6 is 0 Å². The Hall–Kier alpha value is -2.23. The molecule has 4 heteroatoms. The van der Waals surface area contributed by atoms with Crippen LogP contribution in [-0.2, 0) is 0 Å². The van der Waals surface area contributed by atoms with E-state index in [1.54, 1.807) is 0 Å². The molecule has 0 aliphatic carbocycles. The van der Waals surface area contributed by atoms with Gasteiger partial charge in [-0.3, -0.25) is 0 Å². The third kappa shape index (κ3) is 8.03. The fourth-order valence-corrected chi connectivity index (χ4v) is 4.09. The Kier molecular flexibility index (Phi) is 10.7. The summed E-state index contributed by atoms with van der Waals surface area (Å²) in [6.45, 7) is 5.24. The van der Waals surface area contributed by atoms with Crippen LogP contribution in [0.5, 0.6) is 17.4 Å². The van der Waals surface area contributed by atoms with Gasteiger partial charge in [0, 0.05) is 24.2 Å². The molecule has 32 heavy (non-hydrogen) atoms. The molecule has 1 aliphatic rings. The first kappa shape index (κ1) is 24.4. The van der Waals surface area contributed by atoms with E-state index in [0.29, 0.717) is 5.88 Å². The fraction of sp³-hybridized carbons (Fsp3) is 0.607. The third-order valence-electron chi connectivity index (χ3n) is 6.07. The van der Waals surface area contributed by atoms with Gasteiger partial charge < -0.3 is 14.2 Å². The lowest BCUT2D eigenvalue weighted by atomic mass is 10.1. The van der Waals surface area contributed by atoms with E-state index in [9.17, 15) is 0 Å². The Morgan fingerprint density at radius 1 is 0.719 bits per heavy atom. The summed E-state index contributed by atoms with van der Waals surface area (Å²) in [5.74, 6) is 2.38. The summed E-state index contributed by atoms with van der Waals surface area (Å²) in [4.78, 5) is 4.49. The number of hydrogen-bond donors (Lipinski definition) is 0. The molecule has 4 nitrogen and oxygen atoms in total. The van der Waals surface area contributed by atoms with Crippen LogP contribution in [0.2, 0.25) is 0 Å². The fourth-order valence-electron chi connectivity index (χ4n) is 4.09. The highest BCUT2D eigenvalue weighted by Crippen LogP contribution is 2.39. The molecular formula is C28H41NO3. The van der Waals surface area contributed by atoms with Crippen LogP contribution in [0.4, 0.5) is 0 Å². The highest BCUT2D eigenvalue weighted by atomic mass is 16.7. The Morgan fingerprint density at radius 2 is 1.38 bits per heavy atom. The average Bonchev–Trinajstić information content (AvgIpc) is 3.23. The van der Waals surface area contributed by atoms with Crippen LogP contribution < -0.4 is 14.2 Å². The zero-order chi connectivity index (χ0) is 22.4. The van der Waals surface area contributed by atoms with Gasteiger partial charge in [0.2, 0.25) is 12.2 Å². The second-order valence-electron chi connectivity index (χ2n) is 8.88. The monoisotopic (exact) mass is 439 g/mol. The zero-order valence-corrected chi connectivity index (χ0v) is 20.1. The van der Waals surface area contributed by atoms with Crippen LogP contribution in [0.1, 0.15) is 97.3 Å². The molecule has 3 rings (SSSR count). The molecule has 0 N–H and O–H groups in total. The van der Waals surface area contributed by atoms with Crippen molar-refractivity contribution in [3.05, 3.63) is 36.5 Å². The Morgan fingerprint density at radius 3 is 2.09 bits per heavy atom. The van der Waals surface area contributed by atoms with E-state index in [2.05, 4.69) is 37.0 Å². The lowest BCUT2D eigenvalue weighted by Gasteiger charge is -2.09. The molecule has 1 aromatic heterocycles. The van der Waals surface area contributed by atoms with Gasteiger partial charge in [-0.2, -0.15) is 0 Å². The Labute approximate surface area is 194 Å². The zero-order valence-electron chi connectivity index (χ0n) is 20.1. The van der Waals surface area contributed by atoms with E-state index in [0.717, 1.165) is 48.5 Å². The van der Waals surface area contributed by atoms with Gasteiger partial charge in [0.15, 0.2) is 11.5 Å². The van der Waals surface area contributed by atoms with E-state index >= 15 is 0 Å². The van der Waals surface area contributed by atoms with E-state index in [-0.39, 0.29) is 6.29 Å². The largest absolute Gasteiger partial charge is 0.478 e. The summed E-state index contributed by atoms with van der Waals surface area (Å²) in [7, 11) is 0. The van der Waals surface area contributed by atoms with E-state index in [1.807, 2.05) is 18.3 Å². The molecule has 0 amide bonds. The number of aromatic nitrogens is 1. The molecule has 2 aromatic rings. The highest BCUT2D eigenvalue weighted by molar-refractivity contribution is 5.67. The minimum atomic E-state index is -0.151. The molecule has 1 aromatic carbocycles. The third-order valence-corrected chi connectivity index (χ3v) is 6.07. The number of benzene rings is 1. The first-order valence-electron chi connectivity index (χ1n) is 12.9. The van der Waals surface area contributed by atoms with E-state index < -0.39 is 0 Å². The lowest BCUT2D eigenvalue weighted by Crippen LogP contribution is -2.17. The molecule has 0 saturated heterocycles. The molecule has 0 spiro atoms. The normalized spacial score (nSPS) is 14.6. The van der Waals surface area contributed by atoms with Crippen LogP contribution in [0, 0.1) is 0 Å². The predicted octanol–water partition coefficient (Wildman–Crippen LogP) is 8.34. The number of unbranched alkanes of at least 4 members (excludes halogenated alkanes) is 10. The maximum Gasteiger partial charge on any atom is 0.241 e. The SMILES string of the molecule is CCCCCCCCOc1ccc(-c2ccc3c(c2)OC(CCCCCCCC)O3)cn1. The van der Waals surface area contributed by atoms with Crippen molar-refractivity contribution in [2.75, 3.05) is 6.61 Å². The molecule has 0 bridgehead atoms. The van der Waals surface area contributed by atoms with Crippen molar-refractivity contribution < 1.29 is 14.2 Å². The first-order chi connectivity index (χ1) is 15.8. The molecular weight excluding hydrogens is 398 g/mol. The smallest absolute Gasteiger partial charge is 0.241 e. The van der Waals surface area contributed by atoms with Crippen LogP contribution in [0.25, 0.3) is 11.1 Å². The quantitative estimate of drug-likeness (QED) is 0.246. The van der Waals surface area contributed by atoms with E-state index in [1.165, 1.54) is 64.2 Å². The topological polar surface area (TPSA) is 40.6 Å². The minimum Gasteiger partial charge on any atom is -0.478 e. The first-order valence-corrected chi connectivity index (χ1v) is 12.9. The van der Waals surface area contributed by atoms with Gasteiger partial charge in [-0.25, -0.2) is 4.98 Å². The van der Waals surface area contributed by atoms with Crippen molar-refractivity contribution in [2.45, 2.75) is 104 Å². The molecule has 0 fully saturated rings. The molecule has 2 heterocycles. The number of rotatable bonds is 16. The average molecular weight is 440 g/mol. The van der Waals surface area contributed by atoms with Gasteiger partial charge in [-0.1, -0.05) is 84.1 Å². The molecule has 176 valence electrons. The van der Waals surface area contributed by atoms with Crippen molar-refractivity contribution in [3.63, 3.8) is 0 Å². The summed E-state index contributed by atoms with van der Waals surface area (Å²) in [5, 5.41) is 0. The maximum absolute atomic E-state index is 6.05. The molecule has 0 saturated carbocycles. The molecule has 0 radical (unpaired) electrons. The van der Waals surface area contributed by atoms with Crippen molar-refractivity contribution in [1.29, 1.82) is 0 Å². The van der Waals surface area contributed by atoms with Gasteiger partial charge >= 0.3 is 0 Å². The predicted molar refractivity (Wildman–Crippen MR) is 132 cm³/mol. The molecule has 1 aliphatic heterocycles. The standard InChI is InChI=1S/C28H41NO3/c1-3-5-7-9-11-13-15-28-31-25-18-16-23(21-26(25)32-28)24-17-19-27(29-22-24)30-20-14-12-10-8-6-4-2/h16-19,21-22,28H,3-15,20H2,1-2H3. The number of pyridine rings is 1. The summed E-state index contributed by atoms with van der Waals surface area (Å²) in [6.07, 6.45) is 17.9. The minimum absolute atomic E-state index is 0.151. The lowest BCUT2D eigenvalue weighted by molar-refractivity contribution is 0.0395. The van der Waals surface area contributed by atoms with Gasteiger partial charge in [0.05, 0.1) is 6.61 Å². The van der Waals surface area contributed by atoms with Gasteiger partial charge in [-0.05, 0) is 36.6 Å². The van der Waals surface area contributed by atoms with Crippen molar-refractivity contribution >= 4 is 0 Å². The van der Waals surface area contributed by atoms with Crippen molar-refractivity contribution in [1.82, 2.24) is 4.98 Å². The summed E-state index contributed by atoms with van der Waals surface area (Å²) in [5.41, 5.74) is 2.14. The Bertz CT molecular complexity index is 775. The van der Waals surface area contributed by atoms with Crippen LogP contribution in [0.15, 0.2) is 36.5 Å². The van der Waals surface area contributed by atoms with Gasteiger partial charge in [0.25, 0.3) is 0 Å². The van der Waals surface area contributed by atoms with E-state index in [4.69, 9.17) is 14.2 Å². The van der Waals surface area contributed by atoms with Crippen molar-refractivity contribution in [2.24, 2.45) is 0 Å². The number of ether oxygens (including phenoxy) is 3. The number of nitrogens with zero attached hydrogens (tertiary/aromatic N) is 1. The van der Waals surface area contributed by atoms with Gasteiger partial charge in [0.1, 0.15) is 0 Å². The Balaban J connectivity index is 1.41. The highest BCUT2D eigenvalue weighted by Gasteiger charge is 2.24. The maximum atomic E-state index is 6.05. The van der Waals surface area contributed by atoms with Gasteiger partial charge in [-0.15, -0.1) is 0 Å². The molecule has 1 atom stereocenters. The molecule has 1 unspecified atom stereocenters. The number of hydrogen-bond acceptors (Lipinski definition) is 4. The summed E-state index contributed by atoms with van der Waals surface area (Å²) < 4.78 is 17.8. The second-order valence-corrected chi connectivity index (χ2v) is 8.88. The number of fused-ring (bicyclic) bond motifs is 1.